The van der Waals surface area contributed by atoms with Gasteiger partial charge in [-0.25, -0.2) is 17.2 Å². The van der Waals surface area contributed by atoms with Gasteiger partial charge < -0.3 is 10.2 Å². The van der Waals surface area contributed by atoms with Crippen LogP contribution in [0.15, 0.2) is 77.7 Å². The quantitative estimate of drug-likeness (QED) is 0.474. The molecule has 1 aliphatic heterocycles. The van der Waals surface area contributed by atoms with E-state index in [0.29, 0.717) is 19.5 Å². The lowest BCUT2D eigenvalue weighted by molar-refractivity contribution is -0.128. The second-order valence-corrected chi connectivity index (χ2v) is 10.3. The lowest BCUT2D eigenvalue weighted by atomic mass is 10.1. The lowest BCUT2D eigenvalue weighted by Crippen LogP contribution is -2.40. The van der Waals surface area contributed by atoms with Crippen molar-refractivity contribution in [3.05, 3.63) is 95.6 Å². The van der Waals surface area contributed by atoms with Crippen molar-refractivity contribution >= 4 is 27.5 Å². The largest absolute Gasteiger partial charge is 0.350 e. The molecule has 0 radical (unpaired) electrons. The van der Waals surface area contributed by atoms with Gasteiger partial charge in [-0.3, -0.25) is 13.9 Å². The third kappa shape index (κ3) is 5.88. The van der Waals surface area contributed by atoms with Gasteiger partial charge in [0.15, 0.2) is 0 Å². The first kappa shape index (κ1) is 25.3. The molecule has 1 fully saturated rings. The third-order valence-corrected chi connectivity index (χ3v) is 7.72. The van der Waals surface area contributed by atoms with Gasteiger partial charge in [0, 0.05) is 26.1 Å². The number of anilines is 1. The molecule has 2 amide bonds. The third-order valence-electron chi connectivity index (χ3n) is 5.93. The van der Waals surface area contributed by atoms with Gasteiger partial charge in [0.05, 0.1) is 10.6 Å². The van der Waals surface area contributed by atoms with E-state index in [1.807, 2.05) is 24.3 Å². The molecule has 4 rings (SSSR count). The predicted molar refractivity (Wildman–Crippen MR) is 130 cm³/mol. The summed E-state index contributed by atoms with van der Waals surface area (Å²) in [6.45, 7) is 0.682. The predicted octanol–water partition coefficient (Wildman–Crippen LogP) is 3.60. The van der Waals surface area contributed by atoms with Gasteiger partial charge in [-0.15, -0.1) is 0 Å². The molecule has 1 heterocycles. The standard InChI is InChI=1S/C26H25F2N3O4S/c27-21-7-11-23(12-8-21)31(36(34,35)24-13-9-22(28)10-14-24)18-25(32)29-16-19-4-1-2-5-20(19)17-30-15-3-6-26(30)33/h1-2,4-5,7-14H,3,6,15-18H2,(H,29,32). The van der Waals surface area contributed by atoms with Crippen LogP contribution in [0.1, 0.15) is 24.0 Å². The number of amides is 2. The Labute approximate surface area is 208 Å². The van der Waals surface area contributed by atoms with E-state index in [4.69, 9.17) is 0 Å². The minimum Gasteiger partial charge on any atom is -0.350 e. The van der Waals surface area contributed by atoms with E-state index in [9.17, 15) is 26.8 Å². The van der Waals surface area contributed by atoms with Crippen LogP contribution in [0.5, 0.6) is 0 Å². The molecule has 3 aromatic carbocycles. The fourth-order valence-corrected chi connectivity index (χ4v) is 5.42. The number of nitrogens with one attached hydrogen (secondary N) is 1. The van der Waals surface area contributed by atoms with Crippen molar-refractivity contribution in [1.29, 1.82) is 0 Å². The van der Waals surface area contributed by atoms with Crippen LogP contribution in [0, 0.1) is 11.6 Å². The monoisotopic (exact) mass is 513 g/mol. The van der Waals surface area contributed by atoms with Crippen molar-refractivity contribution in [3.63, 3.8) is 0 Å². The summed E-state index contributed by atoms with van der Waals surface area (Å²) in [4.78, 5) is 26.5. The van der Waals surface area contributed by atoms with Gasteiger partial charge in [0.2, 0.25) is 11.8 Å². The first-order valence-corrected chi connectivity index (χ1v) is 12.8. The summed E-state index contributed by atoms with van der Waals surface area (Å²) in [5, 5.41) is 2.74. The van der Waals surface area contributed by atoms with Crippen LogP contribution in [-0.2, 0) is 32.7 Å². The molecule has 36 heavy (non-hydrogen) atoms. The van der Waals surface area contributed by atoms with Gasteiger partial charge in [-0.05, 0) is 66.1 Å². The van der Waals surface area contributed by atoms with Crippen LogP contribution < -0.4 is 9.62 Å². The summed E-state index contributed by atoms with van der Waals surface area (Å²) in [5.41, 5.74) is 1.78. The van der Waals surface area contributed by atoms with Crippen LogP contribution in [0.25, 0.3) is 0 Å². The topological polar surface area (TPSA) is 86.8 Å². The highest BCUT2D eigenvalue weighted by Crippen LogP contribution is 2.24. The number of carbonyl (C=O) groups is 2. The summed E-state index contributed by atoms with van der Waals surface area (Å²) in [6, 6.07) is 16.3. The Kier molecular flexibility index (Phi) is 7.64. The fourth-order valence-electron chi connectivity index (χ4n) is 4.00. The molecule has 1 aliphatic rings. The van der Waals surface area contributed by atoms with Crippen molar-refractivity contribution in [2.45, 2.75) is 30.8 Å². The summed E-state index contributed by atoms with van der Waals surface area (Å²) >= 11 is 0. The number of benzene rings is 3. The normalized spacial score (nSPS) is 13.6. The maximum atomic E-state index is 13.5. The average Bonchev–Trinajstić information content (AvgIpc) is 3.27. The summed E-state index contributed by atoms with van der Waals surface area (Å²) in [5.74, 6) is -1.66. The Bertz CT molecular complexity index is 1350. The SMILES string of the molecule is O=C(CN(c1ccc(F)cc1)S(=O)(=O)c1ccc(F)cc1)NCc1ccccc1CN1CCCC1=O. The Hall–Kier alpha value is -3.79. The zero-order valence-electron chi connectivity index (χ0n) is 19.4. The van der Waals surface area contributed by atoms with E-state index in [0.717, 1.165) is 58.3 Å². The highest BCUT2D eigenvalue weighted by Gasteiger charge is 2.27. The van der Waals surface area contributed by atoms with Crippen molar-refractivity contribution in [2.24, 2.45) is 0 Å². The molecule has 0 unspecified atom stereocenters. The van der Waals surface area contributed by atoms with Crippen LogP contribution >= 0.6 is 0 Å². The van der Waals surface area contributed by atoms with Gasteiger partial charge in [0.1, 0.15) is 18.2 Å². The number of halogens is 2. The maximum Gasteiger partial charge on any atom is 0.264 e. The highest BCUT2D eigenvalue weighted by molar-refractivity contribution is 7.92. The van der Waals surface area contributed by atoms with Gasteiger partial charge in [-0.2, -0.15) is 0 Å². The molecule has 1 saturated heterocycles. The number of sulfonamides is 1. The highest BCUT2D eigenvalue weighted by atomic mass is 32.2. The maximum absolute atomic E-state index is 13.5. The summed E-state index contributed by atoms with van der Waals surface area (Å²) in [7, 11) is -4.25. The van der Waals surface area contributed by atoms with E-state index in [1.165, 1.54) is 12.1 Å². The zero-order valence-corrected chi connectivity index (χ0v) is 20.2. The Morgan fingerprint density at radius 2 is 1.53 bits per heavy atom. The molecule has 7 nitrogen and oxygen atoms in total. The molecule has 0 spiro atoms. The molecule has 0 atom stereocenters. The molecule has 188 valence electrons. The number of nitrogens with zero attached hydrogens (tertiary/aromatic N) is 2. The molecule has 3 aromatic rings. The van der Waals surface area contributed by atoms with Crippen molar-refractivity contribution in [1.82, 2.24) is 10.2 Å². The second kappa shape index (κ2) is 10.9. The molecule has 0 aromatic heterocycles. The number of carbonyl (C=O) groups excluding carboxylic acids is 2. The number of likely N-dealkylation sites (tertiary alicyclic amines) is 1. The first-order valence-electron chi connectivity index (χ1n) is 11.4. The van der Waals surface area contributed by atoms with E-state index < -0.39 is 34.1 Å². The molecule has 10 heteroatoms. The Balaban J connectivity index is 1.51. The second-order valence-electron chi connectivity index (χ2n) is 8.41. The van der Waals surface area contributed by atoms with Crippen LogP contribution in [0.3, 0.4) is 0 Å². The van der Waals surface area contributed by atoms with Gasteiger partial charge in [-0.1, -0.05) is 24.3 Å². The van der Waals surface area contributed by atoms with Gasteiger partial charge >= 0.3 is 0 Å². The number of hydrogen-bond donors (Lipinski definition) is 1. The number of hydrogen-bond acceptors (Lipinski definition) is 4. The zero-order chi connectivity index (χ0) is 25.7. The number of rotatable bonds is 9. The van der Waals surface area contributed by atoms with E-state index in [2.05, 4.69) is 5.32 Å². The minimum atomic E-state index is -4.25. The molecule has 0 bridgehead atoms. The Morgan fingerprint density at radius 1 is 0.917 bits per heavy atom. The Morgan fingerprint density at radius 3 is 2.14 bits per heavy atom. The van der Waals surface area contributed by atoms with Crippen molar-refractivity contribution in [3.8, 4) is 0 Å². The van der Waals surface area contributed by atoms with Crippen molar-refractivity contribution in [2.75, 3.05) is 17.4 Å². The van der Waals surface area contributed by atoms with Gasteiger partial charge in [0.25, 0.3) is 10.0 Å². The van der Waals surface area contributed by atoms with E-state index in [1.54, 1.807) is 4.90 Å². The smallest absolute Gasteiger partial charge is 0.264 e. The first-order chi connectivity index (χ1) is 17.2. The molecular formula is C26H25F2N3O4S. The summed E-state index contributed by atoms with van der Waals surface area (Å²) in [6.07, 6.45) is 1.35. The van der Waals surface area contributed by atoms with E-state index >= 15 is 0 Å². The minimum absolute atomic E-state index is 0.0869. The molecule has 1 N–H and O–H groups in total. The molecule has 0 aliphatic carbocycles. The van der Waals surface area contributed by atoms with Crippen molar-refractivity contribution < 1.29 is 26.8 Å². The average molecular weight is 514 g/mol. The van der Waals surface area contributed by atoms with Crippen LogP contribution in [0.2, 0.25) is 0 Å². The van der Waals surface area contributed by atoms with Crippen LogP contribution in [0.4, 0.5) is 14.5 Å². The molecular weight excluding hydrogens is 488 g/mol. The van der Waals surface area contributed by atoms with E-state index in [-0.39, 0.29) is 23.0 Å². The fraction of sp³-hybridized carbons (Fsp3) is 0.231. The molecule has 0 saturated carbocycles. The summed E-state index contributed by atoms with van der Waals surface area (Å²) < 4.78 is 54.3. The lowest BCUT2D eigenvalue weighted by Gasteiger charge is -2.24. The van der Waals surface area contributed by atoms with Crippen LogP contribution in [-0.4, -0.2) is 38.2 Å².